The topological polar surface area (TPSA) is 92.8 Å². The van der Waals surface area contributed by atoms with Gasteiger partial charge in [0, 0.05) is 19.6 Å². The minimum absolute atomic E-state index is 0.101. The molecule has 1 fully saturated rings. The van der Waals surface area contributed by atoms with E-state index >= 15 is 0 Å². The summed E-state index contributed by atoms with van der Waals surface area (Å²) >= 11 is 0. The first-order valence-corrected chi connectivity index (χ1v) is 12.0. The molecule has 9 heteroatoms. The van der Waals surface area contributed by atoms with E-state index in [0.29, 0.717) is 18.8 Å². The van der Waals surface area contributed by atoms with Gasteiger partial charge < -0.3 is 4.74 Å². The lowest BCUT2D eigenvalue weighted by atomic mass is 10.2. The molecule has 1 aliphatic heterocycles. The Balaban J connectivity index is 1.52. The lowest BCUT2D eigenvalue weighted by molar-refractivity contribution is 0.322. The smallest absolute Gasteiger partial charge is 0.243 e. The molecule has 2 aromatic rings. The van der Waals surface area contributed by atoms with Crippen LogP contribution >= 0.6 is 0 Å². The fourth-order valence-corrected chi connectivity index (χ4v) is 5.46. The molecule has 0 spiro atoms. The minimum Gasteiger partial charge on any atom is -0.492 e. The highest BCUT2D eigenvalue weighted by Crippen LogP contribution is 2.22. The Morgan fingerprint density at radius 2 is 1.46 bits per heavy atom. The van der Waals surface area contributed by atoms with Crippen molar-refractivity contribution in [2.75, 3.05) is 26.2 Å². The Labute approximate surface area is 166 Å². The van der Waals surface area contributed by atoms with Crippen LogP contribution in [0.4, 0.5) is 0 Å². The van der Waals surface area contributed by atoms with Gasteiger partial charge in [0.1, 0.15) is 12.4 Å². The average Bonchev–Trinajstić information content (AvgIpc) is 3.22. The Morgan fingerprint density at radius 1 is 0.893 bits per heavy atom. The molecule has 0 saturated carbocycles. The third-order valence-corrected chi connectivity index (χ3v) is 7.91. The second-order valence-corrected chi connectivity index (χ2v) is 10.3. The third kappa shape index (κ3) is 4.91. The molecule has 0 aromatic heterocycles. The van der Waals surface area contributed by atoms with Gasteiger partial charge in [-0.1, -0.05) is 17.7 Å². The summed E-state index contributed by atoms with van der Waals surface area (Å²) in [5.41, 5.74) is 0.984. The van der Waals surface area contributed by atoms with Crippen LogP contribution in [0.3, 0.4) is 0 Å². The number of nitrogens with zero attached hydrogens (tertiary/aromatic N) is 1. The van der Waals surface area contributed by atoms with E-state index in [1.165, 1.54) is 16.4 Å². The molecule has 0 bridgehead atoms. The largest absolute Gasteiger partial charge is 0.492 e. The third-order valence-electron chi connectivity index (χ3n) is 4.52. The summed E-state index contributed by atoms with van der Waals surface area (Å²) in [5.74, 6) is 0.481. The average molecular weight is 425 g/mol. The molecule has 152 valence electrons. The van der Waals surface area contributed by atoms with Crippen molar-refractivity contribution in [3.05, 3.63) is 54.1 Å². The summed E-state index contributed by atoms with van der Waals surface area (Å²) in [6.45, 7) is 3.23. The zero-order valence-electron chi connectivity index (χ0n) is 15.7. The van der Waals surface area contributed by atoms with E-state index in [1.807, 2.05) is 6.92 Å². The Bertz CT molecular complexity index is 995. The molecule has 0 aliphatic carbocycles. The summed E-state index contributed by atoms with van der Waals surface area (Å²) in [7, 11) is -7.03. The van der Waals surface area contributed by atoms with Crippen LogP contribution in [-0.2, 0) is 20.0 Å². The second-order valence-electron chi connectivity index (χ2n) is 6.64. The van der Waals surface area contributed by atoms with Gasteiger partial charge in [-0.3, -0.25) is 0 Å². The fourth-order valence-electron chi connectivity index (χ4n) is 2.93. The fraction of sp³-hybridized carbons (Fsp3) is 0.368. The second kappa shape index (κ2) is 8.60. The first kappa shape index (κ1) is 20.8. The zero-order valence-corrected chi connectivity index (χ0v) is 17.3. The predicted molar refractivity (Wildman–Crippen MR) is 106 cm³/mol. The summed E-state index contributed by atoms with van der Waals surface area (Å²) in [6.07, 6.45) is 1.78. The SMILES string of the molecule is Cc1ccc(S(=O)(=O)NCCOc2ccc(S(=O)(=O)N3CCCC3)cc2)cc1. The van der Waals surface area contributed by atoms with E-state index in [-0.39, 0.29) is 22.9 Å². The lowest BCUT2D eigenvalue weighted by Gasteiger charge is -2.15. The van der Waals surface area contributed by atoms with Crippen LogP contribution in [0.5, 0.6) is 5.75 Å². The number of benzene rings is 2. The van der Waals surface area contributed by atoms with Crippen molar-refractivity contribution < 1.29 is 21.6 Å². The van der Waals surface area contributed by atoms with Gasteiger partial charge in [0.2, 0.25) is 20.0 Å². The number of rotatable bonds is 8. The van der Waals surface area contributed by atoms with Gasteiger partial charge in [-0.05, 0) is 56.2 Å². The van der Waals surface area contributed by atoms with Gasteiger partial charge in [-0.25, -0.2) is 21.6 Å². The molecule has 2 aromatic carbocycles. The highest BCUT2D eigenvalue weighted by atomic mass is 32.2. The summed E-state index contributed by atoms with van der Waals surface area (Å²) in [4.78, 5) is 0.441. The highest BCUT2D eigenvalue weighted by Gasteiger charge is 2.26. The monoisotopic (exact) mass is 424 g/mol. The predicted octanol–water partition coefficient (Wildman–Crippen LogP) is 2.14. The first-order valence-electron chi connectivity index (χ1n) is 9.08. The minimum atomic E-state index is -3.58. The van der Waals surface area contributed by atoms with Gasteiger partial charge in [0.05, 0.1) is 9.79 Å². The maximum absolute atomic E-state index is 12.5. The number of ether oxygens (including phenoxy) is 1. The van der Waals surface area contributed by atoms with E-state index < -0.39 is 20.0 Å². The number of hydrogen-bond acceptors (Lipinski definition) is 5. The number of nitrogens with one attached hydrogen (secondary N) is 1. The van der Waals surface area contributed by atoms with Crippen LogP contribution in [0.15, 0.2) is 58.3 Å². The van der Waals surface area contributed by atoms with Gasteiger partial charge >= 0.3 is 0 Å². The standard InChI is InChI=1S/C19H24N2O5S2/c1-16-4-8-18(9-5-16)27(22,23)20-12-15-26-17-6-10-19(11-7-17)28(24,25)21-13-2-3-14-21/h4-11,20H,2-3,12-15H2,1H3. The van der Waals surface area contributed by atoms with Crippen molar-refractivity contribution >= 4 is 20.0 Å². The van der Waals surface area contributed by atoms with Gasteiger partial charge in [0.15, 0.2) is 0 Å². The Hall–Kier alpha value is -1.94. The van der Waals surface area contributed by atoms with Crippen molar-refractivity contribution in [2.45, 2.75) is 29.6 Å². The molecule has 0 amide bonds. The van der Waals surface area contributed by atoms with E-state index in [0.717, 1.165) is 18.4 Å². The maximum Gasteiger partial charge on any atom is 0.243 e. The normalized spacial score (nSPS) is 15.6. The van der Waals surface area contributed by atoms with Crippen molar-refractivity contribution in [1.82, 2.24) is 9.03 Å². The molecule has 1 heterocycles. The Morgan fingerprint density at radius 3 is 2.07 bits per heavy atom. The van der Waals surface area contributed by atoms with Crippen LogP contribution in [0.25, 0.3) is 0 Å². The number of sulfonamides is 2. The molecule has 7 nitrogen and oxygen atoms in total. The molecule has 28 heavy (non-hydrogen) atoms. The molecular weight excluding hydrogens is 400 g/mol. The van der Waals surface area contributed by atoms with Crippen LogP contribution in [0.1, 0.15) is 18.4 Å². The molecule has 3 rings (SSSR count). The summed E-state index contributed by atoms with van der Waals surface area (Å²) in [5, 5.41) is 0. The van der Waals surface area contributed by atoms with Crippen molar-refractivity contribution in [3.8, 4) is 5.75 Å². The highest BCUT2D eigenvalue weighted by molar-refractivity contribution is 7.89. The van der Waals surface area contributed by atoms with Crippen LogP contribution in [-0.4, -0.2) is 47.4 Å². The molecule has 1 saturated heterocycles. The molecule has 0 radical (unpaired) electrons. The lowest BCUT2D eigenvalue weighted by Crippen LogP contribution is -2.28. The van der Waals surface area contributed by atoms with E-state index in [9.17, 15) is 16.8 Å². The van der Waals surface area contributed by atoms with Gasteiger partial charge in [-0.15, -0.1) is 0 Å². The molecule has 1 aliphatic rings. The molecular formula is C19H24N2O5S2. The molecule has 0 unspecified atom stereocenters. The zero-order chi connectivity index (χ0) is 20.2. The quantitative estimate of drug-likeness (QED) is 0.656. The first-order chi connectivity index (χ1) is 13.3. The van der Waals surface area contributed by atoms with Crippen molar-refractivity contribution in [3.63, 3.8) is 0 Å². The van der Waals surface area contributed by atoms with E-state index in [4.69, 9.17) is 4.74 Å². The molecule has 0 atom stereocenters. The maximum atomic E-state index is 12.5. The summed E-state index contributed by atoms with van der Waals surface area (Å²) in [6, 6.07) is 12.8. The number of hydrogen-bond donors (Lipinski definition) is 1. The van der Waals surface area contributed by atoms with E-state index in [1.54, 1.807) is 36.4 Å². The van der Waals surface area contributed by atoms with E-state index in [2.05, 4.69) is 4.72 Å². The van der Waals surface area contributed by atoms with Crippen LogP contribution in [0, 0.1) is 6.92 Å². The van der Waals surface area contributed by atoms with Crippen LogP contribution in [0.2, 0.25) is 0 Å². The van der Waals surface area contributed by atoms with Crippen LogP contribution < -0.4 is 9.46 Å². The van der Waals surface area contributed by atoms with Crippen molar-refractivity contribution in [2.24, 2.45) is 0 Å². The Kier molecular flexibility index (Phi) is 6.39. The summed E-state index contributed by atoms with van der Waals surface area (Å²) < 4.78 is 58.8. The number of aryl methyl sites for hydroxylation is 1. The van der Waals surface area contributed by atoms with Crippen molar-refractivity contribution in [1.29, 1.82) is 0 Å². The molecule has 1 N–H and O–H groups in total. The van der Waals surface area contributed by atoms with Gasteiger partial charge in [0.25, 0.3) is 0 Å². The van der Waals surface area contributed by atoms with Gasteiger partial charge in [-0.2, -0.15) is 4.31 Å².